The predicted molar refractivity (Wildman–Crippen MR) is 80.5 cm³/mol. The van der Waals surface area contributed by atoms with Crippen LogP contribution in [-0.4, -0.2) is 25.6 Å². The molecule has 0 aliphatic carbocycles. The van der Waals surface area contributed by atoms with Crippen molar-refractivity contribution in [2.24, 2.45) is 12.9 Å². The van der Waals surface area contributed by atoms with Crippen molar-refractivity contribution >= 4 is 17.3 Å². The summed E-state index contributed by atoms with van der Waals surface area (Å²) in [5, 5.41) is 17.7. The van der Waals surface area contributed by atoms with E-state index in [0.29, 0.717) is 22.8 Å². The molecule has 10 nitrogen and oxygen atoms in total. The zero-order valence-corrected chi connectivity index (χ0v) is 12.9. The van der Waals surface area contributed by atoms with Crippen LogP contribution in [0, 0.1) is 24.0 Å². The Kier molecular flexibility index (Phi) is 4.67. The predicted octanol–water partition coefficient (Wildman–Crippen LogP) is 0.983. The van der Waals surface area contributed by atoms with Crippen LogP contribution in [0.1, 0.15) is 27.4 Å². The van der Waals surface area contributed by atoms with Gasteiger partial charge in [-0.3, -0.25) is 29.4 Å². The standard InChI is InChI=1S/C13H16N6O4/c1-7-10(4-9(5-15-7)19(21)22)13(20)16-12-8(2)17-18(3)11(12)6-23-14/h4-5H,6,14H2,1-3H3,(H,16,20). The third-order valence-corrected chi connectivity index (χ3v) is 3.33. The minimum Gasteiger partial charge on any atom is -0.319 e. The smallest absolute Gasteiger partial charge is 0.288 e. The maximum Gasteiger partial charge on any atom is 0.288 e. The number of nitrogens with one attached hydrogen (secondary N) is 1. The minimum absolute atomic E-state index is 0.0547. The van der Waals surface area contributed by atoms with Gasteiger partial charge in [0.05, 0.1) is 33.3 Å². The zero-order chi connectivity index (χ0) is 17.1. The van der Waals surface area contributed by atoms with Crippen LogP contribution in [0.4, 0.5) is 11.4 Å². The molecule has 0 saturated carbocycles. The molecule has 0 bridgehead atoms. The molecule has 0 unspecified atom stereocenters. The minimum atomic E-state index is -0.605. The number of carbonyl (C=O) groups excluding carboxylic acids is 1. The van der Waals surface area contributed by atoms with Gasteiger partial charge in [-0.05, 0) is 13.8 Å². The van der Waals surface area contributed by atoms with E-state index < -0.39 is 10.8 Å². The van der Waals surface area contributed by atoms with Gasteiger partial charge < -0.3 is 5.32 Å². The number of nitrogens with zero attached hydrogens (tertiary/aromatic N) is 4. The van der Waals surface area contributed by atoms with Crippen molar-refractivity contribution in [3.05, 3.63) is 45.0 Å². The molecule has 0 spiro atoms. The number of pyridine rings is 1. The van der Waals surface area contributed by atoms with E-state index in [9.17, 15) is 14.9 Å². The molecule has 0 atom stereocenters. The quantitative estimate of drug-likeness (QED) is 0.618. The molecule has 0 aromatic carbocycles. The Morgan fingerprint density at radius 1 is 1.48 bits per heavy atom. The Morgan fingerprint density at radius 2 is 2.17 bits per heavy atom. The first-order valence-electron chi connectivity index (χ1n) is 6.61. The Morgan fingerprint density at radius 3 is 2.78 bits per heavy atom. The summed E-state index contributed by atoms with van der Waals surface area (Å²) in [4.78, 5) is 31.2. The van der Waals surface area contributed by atoms with Crippen LogP contribution in [0.25, 0.3) is 0 Å². The highest BCUT2D eigenvalue weighted by Gasteiger charge is 2.20. The van der Waals surface area contributed by atoms with Crippen molar-refractivity contribution in [3.63, 3.8) is 0 Å². The van der Waals surface area contributed by atoms with Crippen molar-refractivity contribution in [2.45, 2.75) is 20.5 Å². The highest BCUT2D eigenvalue weighted by molar-refractivity contribution is 6.05. The van der Waals surface area contributed by atoms with Gasteiger partial charge in [0, 0.05) is 13.1 Å². The number of nitrogens with two attached hydrogens (primary N) is 1. The molecule has 0 aliphatic heterocycles. The number of anilines is 1. The van der Waals surface area contributed by atoms with Crippen LogP contribution in [0.15, 0.2) is 12.3 Å². The maximum atomic E-state index is 12.4. The summed E-state index contributed by atoms with van der Waals surface area (Å²) in [6, 6.07) is 1.18. The average molecular weight is 320 g/mol. The normalized spacial score (nSPS) is 10.6. The lowest BCUT2D eigenvalue weighted by atomic mass is 10.1. The second-order valence-corrected chi connectivity index (χ2v) is 4.88. The molecule has 10 heteroatoms. The number of nitro groups is 1. The lowest BCUT2D eigenvalue weighted by molar-refractivity contribution is -0.385. The van der Waals surface area contributed by atoms with Crippen molar-refractivity contribution in [1.82, 2.24) is 14.8 Å². The molecule has 2 aromatic rings. The van der Waals surface area contributed by atoms with Crippen molar-refractivity contribution in [3.8, 4) is 0 Å². The fraction of sp³-hybridized carbons (Fsp3) is 0.308. The van der Waals surface area contributed by atoms with Crippen LogP contribution in [0.5, 0.6) is 0 Å². The molecule has 2 heterocycles. The van der Waals surface area contributed by atoms with Gasteiger partial charge in [-0.15, -0.1) is 0 Å². The first kappa shape index (κ1) is 16.5. The number of rotatable bonds is 5. The summed E-state index contributed by atoms with van der Waals surface area (Å²) < 4.78 is 1.54. The molecule has 1 amide bonds. The van der Waals surface area contributed by atoms with E-state index in [1.54, 1.807) is 20.9 Å². The van der Waals surface area contributed by atoms with Crippen molar-refractivity contribution in [1.29, 1.82) is 0 Å². The van der Waals surface area contributed by atoms with Gasteiger partial charge in [0.2, 0.25) is 0 Å². The average Bonchev–Trinajstić information content (AvgIpc) is 2.74. The van der Waals surface area contributed by atoms with Gasteiger partial charge >= 0.3 is 0 Å². The Labute approximate surface area is 131 Å². The summed E-state index contributed by atoms with van der Waals surface area (Å²) in [7, 11) is 1.69. The van der Waals surface area contributed by atoms with E-state index in [2.05, 4.69) is 20.2 Å². The van der Waals surface area contributed by atoms with Crippen LogP contribution in [0.3, 0.4) is 0 Å². The summed E-state index contributed by atoms with van der Waals surface area (Å²) in [5.74, 6) is 4.57. The number of aromatic nitrogens is 3. The third kappa shape index (κ3) is 3.33. The zero-order valence-electron chi connectivity index (χ0n) is 12.9. The topological polar surface area (TPSA) is 138 Å². The molecule has 2 aromatic heterocycles. The summed E-state index contributed by atoms with van der Waals surface area (Å²) >= 11 is 0. The number of amides is 1. The summed E-state index contributed by atoms with van der Waals surface area (Å²) in [5.41, 5.74) is 1.84. The molecule has 122 valence electrons. The largest absolute Gasteiger partial charge is 0.319 e. The molecular weight excluding hydrogens is 304 g/mol. The summed E-state index contributed by atoms with van der Waals surface area (Å²) in [6.07, 6.45) is 1.11. The number of hydrogen-bond acceptors (Lipinski definition) is 7. The SMILES string of the molecule is Cc1ncc([N+](=O)[O-])cc1C(=O)Nc1c(C)nn(C)c1CON. The van der Waals surface area contributed by atoms with Gasteiger partial charge in [-0.2, -0.15) is 5.10 Å². The van der Waals surface area contributed by atoms with E-state index in [1.165, 1.54) is 10.7 Å². The number of carbonyl (C=O) groups is 1. The van der Waals surface area contributed by atoms with Gasteiger partial charge in [0.1, 0.15) is 12.8 Å². The van der Waals surface area contributed by atoms with Crippen LogP contribution < -0.4 is 11.2 Å². The third-order valence-electron chi connectivity index (χ3n) is 3.33. The van der Waals surface area contributed by atoms with Crippen LogP contribution >= 0.6 is 0 Å². The molecular formula is C13H16N6O4. The molecule has 0 saturated heterocycles. The first-order chi connectivity index (χ1) is 10.8. The molecule has 0 aliphatic rings. The summed E-state index contributed by atoms with van der Waals surface area (Å²) in [6.45, 7) is 3.37. The van der Waals surface area contributed by atoms with Crippen LogP contribution in [-0.2, 0) is 18.5 Å². The van der Waals surface area contributed by atoms with E-state index in [1.807, 2.05) is 0 Å². The van der Waals surface area contributed by atoms with E-state index >= 15 is 0 Å². The molecule has 0 radical (unpaired) electrons. The van der Waals surface area contributed by atoms with Gasteiger partial charge in [0.15, 0.2) is 0 Å². The first-order valence-corrected chi connectivity index (χ1v) is 6.61. The number of aryl methyl sites for hydroxylation is 3. The molecule has 3 N–H and O–H groups in total. The monoisotopic (exact) mass is 320 g/mol. The molecule has 23 heavy (non-hydrogen) atoms. The fourth-order valence-corrected chi connectivity index (χ4v) is 2.15. The Balaban J connectivity index is 2.37. The van der Waals surface area contributed by atoms with Crippen molar-refractivity contribution in [2.75, 3.05) is 5.32 Å². The Bertz CT molecular complexity index is 770. The van der Waals surface area contributed by atoms with Gasteiger partial charge in [-0.1, -0.05) is 0 Å². The second-order valence-electron chi connectivity index (χ2n) is 4.88. The van der Waals surface area contributed by atoms with E-state index in [0.717, 1.165) is 6.20 Å². The molecule has 2 rings (SSSR count). The highest BCUT2D eigenvalue weighted by atomic mass is 16.6. The van der Waals surface area contributed by atoms with Crippen molar-refractivity contribution < 1.29 is 14.6 Å². The fourth-order valence-electron chi connectivity index (χ4n) is 2.15. The van der Waals surface area contributed by atoms with E-state index in [-0.39, 0.29) is 17.9 Å². The lowest BCUT2D eigenvalue weighted by Gasteiger charge is -2.09. The lowest BCUT2D eigenvalue weighted by Crippen LogP contribution is -2.17. The van der Waals surface area contributed by atoms with E-state index in [4.69, 9.17) is 5.90 Å². The van der Waals surface area contributed by atoms with Gasteiger partial charge in [0.25, 0.3) is 11.6 Å². The highest BCUT2D eigenvalue weighted by Crippen LogP contribution is 2.22. The Hall–Kier alpha value is -2.85. The number of hydrogen-bond donors (Lipinski definition) is 2. The van der Waals surface area contributed by atoms with Crippen LogP contribution in [0.2, 0.25) is 0 Å². The maximum absolute atomic E-state index is 12.4. The second kappa shape index (κ2) is 6.50. The van der Waals surface area contributed by atoms with Gasteiger partial charge in [-0.25, -0.2) is 5.90 Å². The molecule has 0 fully saturated rings.